The maximum Gasteiger partial charge on any atom is 0.243 e. The second kappa shape index (κ2) is 14.5. The third-order valence-electron chi connectivity index (χ3n) is 5.90. The average molecular weight is 559 g/mol. The molecule has 0 atom stereocenters. The van der Waals surface area contributed by atoms with Gasteiger partial charge < -0.3 is 25.2 Å². The maximum absolute atomic E-state index is 12.0. The van der Waals surface area contributed by atoms with E-state index in [0.717, 1.165) is 77.8 Å². The number of carbonyl (C=O) groups excluding carboxylic acids is 1. The van der Waals surface area contributed by atoms with Gasteiger partial charge in [-0.05, 0) is 30.9 Å². The van der Waals surface area contributed by atoms with Crippen LogP contribution in [0.2, 0.25) is 0 Å². The highest BCUT2D eigenvalue weighted by molar-refractivity contribution is 14.0. The zero-order chi connectivity index (χ0) is 21.9. The number of ether oxygens (including phenoxy) is 1. The first kappa shape index (κ1) is 26.6. The first-order chi connectivity index (χ1) is 15.1. The van der Waals surface area contributed by atoms with Crippen molar-refractivity contribution in [3.05, 3.63) is 24.5 Å². The Bertz CT molecular complexity index is 691. The molecule has 0 spiro atoms. The Morgan fingerprint density at radius 3 is 2.50 bits per heavy atom. The molecule has 0 radical (unpaired) electrons. The number of carbonyl (C=O) groups is 1. The summed E-state index contributed by atoms with van der Waals surface area (Å²) in [5, 5.41) is 6.88. The van der Waals surface area contributed by atoms with E-state index in [1.807, 2.05) is 12.4 Å². The van der Waals surface area contributed by atoms with Crippen LogP contribution in [0.15, 0.2) is 29.5 Å². The Balaban J connectivity index is 0.00000363. The van der Waals surface area contributed by atoms with Crippen LogP contribution in [0.4, 0.5) is 5.69 Å². The molecule has 0 aliphatic carbocycles. The number of amides is 1. The summed E-state index contributed by atoms with van der Waals surface area (Å²) in [5.74, 6) is 1.31. The van der Waals surface area contributed by atoms with Crippen LogP contribution in [0.25, 0.3) is 0 Å². The van der Waals surface area contributed by atoms with E-state index in [2.05, 4.69) is 42.5 Å². The summed E-state index contributed by atoms with van der Waals surface area (Å²) in [6.07, 6.45) is 5.96. The zero-order valence-electron chi connectivity index (χ0n) is 19.3. The van der Waals surface area contributed by atoms with Gasteiger partial charge in [0, 0.05) is 78.0 Å². The number of hydrogen-bond acceptors (Lipinski definition) is 6. The van der Waals surface area contributed by atoms with Gasteiger partial charge in [-0.2, -0.15) is 0 Å². The number of pyridine rings is 1. The molecule has 1 aromatic heterocycles. The second-order valence-electron chi connectivity index (χ2n) is 8.35. The fraction of sp³-hybridized carbons (Fsp3) is 0.682. The number of anilines is 1. The molecule has 1 amide bonds. The number of halogens is 1. The van der Waals surface area contributed by atoms with Crippen molar-refractivity contribution in [1.29, 1.82) is 0 Å². The predicted molar refractivity (Wildman–Crippen MR) is 139 cm³/mol. The molecule has 10 heteroatoms. The van der Waals surface area contributed by atoms with E-state index in [9.17, 15) is 4.79 Å². The lowest BCUT2D eigenvalue weighted by molar-refractivity contribution is -0.127. The quantitative estimate of drug-likeness (QED) is 0.278. The van der Waals surface area contributed by atoms with Crippen molar-refractivity contribution in [3.63, 3.8) is 0 Å². The summed E-state index contributed by atoms with van der Waals surface area (Å²) >= 11 is 0. The summed E-state index contributed by atoms with van der Waals surface area (Å²) in [6, 6.07) is 4.15. The number of rotatable bonds is 8. The average Bonchev–Trinajstić information content (AvgIpc) is 2.81. The van der Waals surface area contributed by atoms with Gasteiger partial charge in [0.25, 0.3) is 0 Å². The lowest BCUT2D eigenvalue weighted by atomic mass is 9.96. The van der Waals surface area contributed by atoms with Crippen LogP contribution in [-0.2, 0) is 9.53 Å². The van der Waals surface area contributed by atoms with Crippen LogP contribution in [0, 0.1) is 5.92 Å². The normalized spacial score (nSPS) is 18.1. The lowest BCUT2D eigenvalue weighted by Gasteiger charge is -2.34. The fourth-order valence-corrected chi connectivity index (χ4v) is 3.81. The first-order valence-corrected chi connectivity index (χ1v) is 11.3. The molecular weight excluding hydrogens is 521 g/mol. The number of morpholine rings is 1. The van der Waals surface area contributed by atoms with Crippen molar-refractivity contribution in [2.24, 2.45) is 10.9 Å². The summed E-state index contributed by atoms with van der Waals surface area (Å²) in [4.78, 5) is 27.0. The zero-order valence-corrected chi connectivity index (χ0v) is 21.7. The van der Waals surface area contributed by atoms with Crippen LogP contribution in [0.1, 0.15) is 12.8 Å². The molecule has 9 nitrogen and oxygen atoms in total. The van der Waals surface area contributed by atoms with E-state index < -0.39 is 0 Å². The summed E-state index contributed by atoms with van der Waals surface area (Å²) < 4.78 is 5.41. The van der Waals surface area contributed by atoms with Crippen LogP contribution >= 0.6 is 24.0 Å². The minimum atomic E-state index is -0.0000571. The van der Waals surface area contributed by atoms with Crippen LogP contribution in [0.5, 0.6) is 0 Å². The molecule has 1 aromatic rings. The van der Waals surface area contributed by atoms with Crippen molar-refractivity contribution >= 4 is 41.5 Å². The highest BCUT2D eigenvalue weighted by Gasteiger charge is 2.20. The highest BCUT2D eigenvalue weighted by atomic mass is 127. The van der Waals surface area contributed by atoms with Gasteiger partial charge in [0.05, 0.1) is 13.2 Å². The Kier molecular flexibility index (Phi) is 12.0. The number of aromatic nitrogens is 1. The number of hydrogen-bond donors (Lipinski definition) is 2. The monoisotopic (exact) mass is 559 g/mol. The van der Waals surface area contributed by atoms with E-state index in [1.165, 1.54) is 5.69 Å². The minimum Gasteiger partial charge on any atom is -0.379 e. The standard InChI is InChI=1S/C22H37N7O2.HI/c1-27(2)21(30)18-26-22(24-9-12-28-13-15-31-16-14-28)25-17-19-5-10-29(11-6-19)20-3-7-23-8-4-20;/h3-4,7-8,19H,5-6,9-18H2,1-2H3,(H2,24,25,26);1H. The van der Waals surface area contributed by atoms with E-state index >= 15 is 0 Å². The van der Waals surface area contributed by atoms with Crippen molar-refractivity contribution in [1.82, 2.24) is 25.4 Å². The fourth-order valence-electron chi connectivity index (χ4n) is 3.81. The van der Waals surface area contributed by atoms with Gasteiger partial charge >= 0.3 is 0 Å². The van der Waals surface area contributed by atoms with Crippen LogP contribution in [-0.4, -0.2) is 106 Å². The van der Waals surface area contributed by atoms with Gasteiger partial charge in [-0.25, -0.2) is 4.99 Å². The number of nitrogens with zero attached hydrogens (tertiary/aromatic N) is 5. The van der Waals surface area contributed by atoms with E-state index in [-0.39, 0.29) is 36.4 Å². The van der Waals surface area contributed by atoms with Gasteiger partial charge in [0.1, 0.15) is 6.54 Å². The number of nitrogens with one attached hydrogen (secondary N) is 2. The number of piperidine rings is 1. The topological polar surface area (TPSA) is 85.3 Å². The molecule has 2 aliphatic heterocycles. The molecule has 3 rings (SSSR count). The largest absolute Gasteiger partial charge is 0.379 e. The molecule has 2 N–H and O–H groups in total. The lowest BCUT2D eigenvalue weighted by Crippen LogP contribution is -2.46. The summed E-state index contributed by atoms with van der Waals surface area (Å²) in [5.41, 5.74) is 1.25. The molecule has 2 saturated heterocycles. The van der Waals surface area contributed by atoms with E-state index in [0.29, 0.717) is 5.92 Å². The van der Waals surface area contributed by atoms with Gasteiger partial charge in [-0.15, -0.1) is 24.0 Å². The highest BCUT2D eigenvalue weighted by Crippen LogP contribution is 2.22. The predicted octanol–water partition coefficient (Wildman–Crippen LogP) is 0.872. The van der Waals surface area contributed by atoms with Gasteiger partial charge in [0.2, 0.25) is 5.91 Å². The Hall–Kier alpha value is -1.66. The first-order valence-electron chi connectivity index (χ1n) is 11.3. The summed E-state index contributed by atoms with van der Waals surface area (Å²) in [6.45, 7) is 8.39. The van der Waals surface area contributed by atoms with Gasteiger partial charge in [-0.3, -0.25) is 14.7 Å². The van der Waals surface area contributed by atoms with Crippen LogP contribution < -0.4 is 15.5 Å². The van der Waals surface area contributed by atoms with Crippen molar-refractivity contribution in [2.45, 2.75) is 12.8 Å². The third kappa shape index (κ3) is 9.07. The summed E-state index contributed by atoms with van der Waals surface area (Å²) in [7, 11) is 3.51. The SMILES string of the molecule is CN(C)C(=O)CN=C(NCCN1CCOCC1)NCC1CCN(c2ccncc2)CC1.I. The number of guanidine groups is 1. The Morgan fingerprint density at radius 1 is 1.16 bits per heavy atom. The molecule has 3 heterocycles. The minimum absolute atomic E-state index is 0. The molecule has 0 saturated carbocycles. The molecule has 180 valence electrons. The molecule has 0 bridgehead atoms. The Morgan fingerprint density at radius 2 is 1.84 bits per heavy atom. The molecular formula is C22H38IN7O2. The molecule has 2 aliphatic rings. The van der Waals surface area contributed by atoms with Crippen molar-refractivity contribution in [3.8, 4) is 0 Å². The number of likely N-dealkylation sites (N-methyl/N-ethyl adjacent to an activating group) is 1. The van der Waals surface area contributed by atoms with E-state index in [1.54, 1.807) is 19.0 Å². The molecule has 32 heavy (non-hydrogen) atoms. The maximum atomic E-state index is 12.0. The molecule has 0 unspecified atom stereocenters. The molecule has 0 aromatic carbocycles. The smallest absolute Gasteiger partial charge is 0.243 e. The number of aliphatic imine (C=N–C) groups is 1. The Labute approximate surface area is 209 Å². The second-order valence-corrected chi connectivity index (χ2v) is 8.35. The third-order valence-corrected chi connectivity index (χ3v) is 5.90. The van der Waals surface area contributed by atoms with Gasteiger partial charge in [0.15, 0.2) is 5.96 Å². The van der Waals surface area contributed by atoms with Gasteiger partial charge in [-0.1, -0.05) is 0 Å². The van der Waals surface area contributed by atoms with Crippen molar-refractivity contribution < 1.29 is 9.53 Å². The van der Waals surface area contributed by atoms with Crippen LogP contribution in [0.3, 0.4) is 0 Å². The van der Waals surface area contributed by atoms with E-state index in [4.69, 9.17) is 4.74 Å². The molecule has 2 fully saturated rings. The van der Waals surface area contributed by atoms with Crippen molar-refractivity contribution in [2.75, 3.05) is 84.6 Å².